The summed E-state index contributed by atoms with van der Waals surface area (Å²) < 4.78 is 0. The minimum Gasteiger partial charge on any atom is -0.310 e. The van der Waals surface area contributed by atoms with Crippen LogP contribution in [0.5, 0.6) is 0 Å². The molecule has 0 bridgehead atoms. The van der Waals surface area contributed by atoms with Gasteiger partial charge < -0.3 is 5.32 Å². The van der Waals surface area contributed by atoms with Crippen LogP contribution in [-0.2, 0) is 0 Å². The van der Waals surface area contributed by atoms with Crippen molar-refractivity contribution in [3.05, 3.63) is 12.2 Å². The summed E-state index contributed by atoms with van der Waals surface area (Å²) in [5, 5.41) is 3.30. The van der Waals surface area contributed by atoms with Crippen LogP contribution >= 0.6 is 0 Å². The Bertz CT molecular complexity index is 76.2. The Morgan fingerprint density at radius 2 is 2.57 bits per heavy atom. The third-order valence-corrected chi connectivity index (χ3v) is 1.20. The quantitative estimate of drug-likeness (QED) is 0.443. The lowest BCUT2D eigenvalue weighted by Gasteiger charge is -2.11. The molecule has 7 heavy (non-hydrogen) atoms. The van der Waals surface area contributed by atoms with Gasteiger partial charge in [0.05, 0.1) is 0 Å². The molecule has 0 aromatic carbocycles. The zero-order valence-electron chi connectivity index (χ0n) is 4.65. The molecule has 40 valence electrons. The normalized spacial score (nSPS) is 30.7. The minimum atomic E-state index is 0.605. The lowest BCUT2D eigenvalue weighted by Crippen LogP contribution is -2.27. The first-order chi connectivity index (χ1) is 3.39. The lowest BCUT2D eigenvalue weighted by molar-refractivity contribution is 0.613. The summed E-state index contributed by atoms with van der Waals surface area (Å²) in [6.45, 7) is 3.31. The van der Waals surface area contributed by atoms with E-state index in [0.29, 0.717) is 6.04 Å². The maximum Gasteiger partial charge on any atom is 0.0221 e. The predicted octanol–water partition coefficient (Wildman–Crippen LogP) is 0.924. The van der Waals surface area contributed by atoms with E-state index in [1.807, 2.05) is 0 Å². The van der Waals surface area contributed by atoms with Crippen molar-refractivity contribution in [2.45, 2.75) is 19.4 Å². The van der Waals surface area contributed by atoms with E-state index in [2.05, 4.69) is 24.4 Å². The zero-order valence-corrected chi connectivity index (χ0v) is 4.65. The van der Waals surface area contributed by atoms with Crippen molar-refractivity contribution in [1.82, 2.24) is 5.32 Å². The molecule has 0 fully saturated rings. The third kappa shape index (κ3) is 1.32. The topological polar surface area (TPSA) is 12.0 Å². The van der Waals surface area contributed by atoms with Crippen molar-refractivity contribution >= 4 is 0 Å². The van der Waals surface area contributed by atoms with Crippen LogP contribution in [0.4, 0.5) is 0 Å². The minimum absolute atomic E-state index is 0.605. The van der Waals surface area contributed by atoms with E-state index in [-0.39, 0.29) is 0 Å². The third-order valence-electron chi connectivity index (χ3n) is 1.20. The fourth-order valence-electron chi connectivity index (χ4n) is 0.763. The van der Waals surface area contributed by atoms with Crippen LogP contribution in [0.15, 0.2) is 12.2 Å². The van der Waals surface area contributed by atoms with Gasteiger partial charge in [-0.25, -0.2) is 0 Å². The average molecular weight is 97.2 g/mol. The largest absolute Gasteiger partial charge is 0.310 e. The second-order valence-electron chi connectivity index (χ2n) is 1.96. The van der Waals surface area contributed by atoms with Gasteiger partial charge in [-0.3, -0.25) is 0 Å². The van der Waals surface area contributed by atoms with Crippen molar-refractivity contribution < 1.29 is 0 Å². The van der Waals surface area contributed by atoms with E-state index in [0.717, 1.165) is 6.54 Å². The van der Waals surface area contributed by atoms with Gasteiger partial charge in [-0.15, -0.1) is 0 Å². The van der Waals surface area contributed by atoms with E-state index in [9.17, 15) is 0 Å². The maximum atomic E-state index is 3.30. The number of hydrogen-bond acceptors (Lipinski definition) is 1. The molecule has 0 amide bonds. The summed E-state index contributed by atoms with van der Waals surface area (Å²) in [6, 6.07) is 0.605. The van der Waals surface area contributed by atoms with Crippen LogP contribution in [0.25, 0.3) is 0 Å². The Morgan fingerprint density at radius 1 is 1.71 bits per heavy atom. The van der Waals surface area contributed by atoms with Gasteiger partial charge >= 0.3 is 0 Å². The second-order valence-corrected chi connectivity index (χ2v) is 1.96. The molecule has 0 saturated heterocycles. The van der Waals surface area contributed by atoms with Crippen molar-refractivity contribution in [2.24, 2.45) is 0 Å². The van der Waals surface area contributed by atoms with Gasteiger partial charge in [0.2, 0.25) is 0 Å². The van der Waals surface area contributed by atoms with E-state index >= 15 is 0 Å². The SMILES string of the molecule is C[C@H]1C=CCCN1. The Morgan fingerprint density at radius 3 is 2.86 bits per heavy atom. The van der Waals surface area contributed by atoms with Gasteiger partial charge in [-0.05, 0) is 19.9 Å². The molecule has 0 aromatic rings. The fourth-order valence-corrected chi connectivity index (χ4v) is 0.763. The summed E-state index contributed by atoms with van der Waals surface area (Å²) in [5.74, 6) is 0. The van der Waals surface area contributed by atoms with Crippen LogP contribution in [0.3, 0.4) is 0 Å². The molecule has 1 N–H and O–H groups in total. The molecule has 0 spiro atoms. The summed E-state index contributed by atoms with van der Waals surface area (Å²) in [4.78, 5) is 0. The first kappa shape index (κ1) is 4.85. The molecule has 1 atom stereocenters. The first-order valence-corrected chi connectivity index (χ1v) is 2.79. The molecule has 0 aromatic heterocycles. The van der Waals surface area contributed by atoms with Crippen molar-refractivity contribution in [1.29, 1.82) is 0 Å². The fraction of sp³-hybridized carbons (Fsp3) is 0.667. The monoisotopic (exact) mass is 97.1 g/mol. The van der Waals surface area contributed by atoms with E-state index < -0.39 is 0 Å². The Kier molecular flexibility index (Phi) is 1.47. The average Bonchev–Trinajstić information content (AvgIpc) is 1.69. The molecule has 1 aliphatic rings. The highest BCUT2D eigenvalue weighted by molar-refractivity contribution is 4.95. The highest BCUT2D eigenvalue weighted by Crippen LogP contribution is 1.93. The molecule has 0 radical (unpaired) electrons. The van der Waals surface area contributed by atoms with Gasteiger partial charge in [0.1, 0.15) is 0 Å². The van der Waals surface area contributed by atoms with Crippen LogP contribution in [0.2, 0.25) is 0 Å². The van der Waals surface area contributed by atoms with Crippen LogP contribution in [0, 0.1) is 0 Å². The molecule has 0 unspecified atom stereocenters. The number of hydrogen-bond donors (Lipinski definition) is 1. The lowest BCUT2D eigenvalue weighted by atomic mass is 10.2. The van der Waals surface area contributed by atoms with Gasteiger partial charge in [-0.1, -0.05) is 12.2 Å². The Hall–Kier alpha value is -0.300. The number of rotatable bonds is 0. The molecule has 0 aliphatic carbocycles. The smallest absolute Gasteiger partial charge is 0.0221 e. The highest BCUT2D eigenvalue weighted by atomic mass is 14.9. The van der Waals surface area contributed by atoms with Gasteiger partial charge in [0.25, 0.3) is 0 Å². The summed E-state index contributed by atoms with van der Waals surface area (Å²) >= 11 is 0. The van der Waals surface area contributed by atoms with Crippen LogP contribution in [-0.4, -0.2) is 12.6 Å². The summed E-state index contributed by atoms with van der Waals surface area (Å²) in [6.07, 6.45) is 5.62. The molecule has 1 rings (SSSR count). The maximum absolute atomic E-state index is 3.30. The molecule has 1 nitrogen and oxygen atoms in total. The summed E-state index contributed by atoms with van der Waals surface area (Å²) in [5.41, 5.74) is 0. The molecule has 1 heteroatoms. The van der Waals surface area contributed by atoms with Gasteiger partial charge in [0, 0.05) is 6.04 Å². The summed E-state index contributed by atoms with van der Waals surface area (Å²) in [7, 11) is 0. The molecule has 0 saturated carbocycles. The highest BCUT2D eigenvalue weighted by Gasteiger charge is 1.96. The van der Waals surface area contributed by atoms with E-state index in [1.165, 1.54) is 6.42 Å². The predicted molar refractivity (Wildman–Crippen MR) is 31.2 cm³/mol. The standard InChI is InChI=1S/C6H11N/c1-6-4-2-3-5-7-6/h2,4,6-7H,3,5H2,1H3/t6-/m0/s1. The van der Waals surface area contributed by atoms with Crippen LogP contribution < -0.4 is 5.32 Å². The van der Waals surface area contributed by atoms with Gasteiger partial charge in [0.15, 0.2) is 0 Å². The van der Waals surface area contributed by atoms with Gasteiger partial charge in [-0.2, -0.15) is 0 Å². The zero-order chi connectivity index (χ0) is 5.11. The van der Waals surface area contributed by atoms with Crippen molar-refractivity contribution in [2.75, 3.05) is 6.54 Å². The molecular formula is C6H11N. The molecular weight excluding hydrogens is 86.1 g/mol. The van der Waals surface area contributed by atoms with E-state index in [4.69, 9.17) is 0 Å². The van der Waals surface area contributed by atoms with Crippen molar-refractivity contribution in [3.8, 4) is 0 Å². The number of nitrogens with one attached hydrogen (secondary N) is 1. The Labute approximate surface area is 44.4 Å². The molecule has 1 aliphatic heterocycles. The van der Waals surface area contributed by atoms with Crippen molar-refractivity contribution in [3.63, 3.8) is 0 Å². The van der Waals surface area contributed by atoms with E-state index in [1.54, 1.807) is 0 Å². The van der Waals surface area contributed by atoms with Crippen LogP contribution in [0.1, 0.15) is 13.3 Å². The molecule has 1 heterocycles. The second kappa shape index (κ2) is 2.12. The Balaban J connectivity index is 2.36. The first-order valence-electron chi connectivity index (χ1n) is 2.79.